The van der Waals surface area contributed by atoms with Crippen LogP contribution in [0.5, 0.6) is 11.5 Å². The van der Waals surface area contributed by atoms with E-state index >= 15 is 0 Å². The number of aliphatic imine (C=N–C) groups is 1. The lowest BCUT2D eigenvalue weighted by Gasteiger charge is -2.23. The topological polar surface area (TPSA) is 85.2 Å². The molecule has 0 fully saturated rings. The molecule has 1 aromatic carbocycles. The van der Waals surface area contributed by atoms with Crippen molar-refractivity contribution < 1.29 is 24.2 Å². The van der Waals surface area contributed by atoms with Gasteiger partial charge in [0.15, 0.2) is 11.5 Å². The van der Waals surface area contributed by atoms with Crippen LogP contribution >= 0.6 is 0 Å². The Kier molecular flexibility index (Phi) is 11.3. The van der Waals surface area contributed by atoms with Crippen LogP contribution in [0.3, 0.4) is 0 Å². The number of phenols is 1. The van der Waals surface area contributed by atoms with Crippen molar-refractivity contribution in [2.75, 3.05) is 13.7 Å². The number of hydrogen-bond acceptors (Lipinski definition) is 6. The molecule has 188 valence electrons. The van der Waals surface area contributed by atoms with Crippen LogP contribution in [0.2, 0.25) is 0 Å². The predicted molar refractivity (Wildman–Crippen MR) is 136 cm³/mol. The van der Waals surface area contributed by atoms with Gasteiger partial charge in [-0.1, -0.05) is 39.3 Å². The second kappa shape index (κ2) is 13.9. The van der Waals surface area contributed by atoms with Crippen molar-refractivity contribution in [1.82, 2.24) is 0 Å². The van der Waals surface area contributed by atoms with Crippen molar-refractivity contribution in [2.24, 2.45) is 16.8 Å². The molecule has 1 aromatic rings. The first kappa shape index (κ1) is 27.6. The van der Waals surface area contributed by atoms with Gasteiger partial charge in [0.25, 0.3) is 0 Å². The van der Waals surface area contributed by atoms with Crippen LogP contribution in [0.15, 0.2) is 34.8 Å². The molecule has 1 aliphatic rings. The van der Waals surface area contributed by atoms with E-state index in [0.29, 0.717) is 30.4 Å². The normalized spacial score (nSPS) is 15.6. The zero-order chi connectivity index (χ0) is 25.1. The zero-order valence-corrected chi connectivity index (χ0v) is 21.4. The van der Waals surface area contributed by atoms with E-state index in [-0.39, 0.29) is 29.8 Å². The first-order chi connectivity index (χ1) is 16.2. The number of carbonyl (C=O) groups is 2. The van der Waals surface area contributed by atoms with Crippen LogP contribution in [0.4, 0.5) is 0 Å². The van der Waals surface area contributed by atoms with Crippen LogP contribution in [0.1, 0.15) is 84.1 Å². The molecule has 3 atom stereocenters. The Morgan fingerprint density at radius 2 is 1.94 bits per heavy atom. The van der Waals surface area contributed by atoms with Gasteiger partial charge >= 0.3 is 5.97 Å². The van der Waals surface area contributed by atoms with Crippen molar-refractivity contribution in [2.45, 2.75) is 84.7 Å². The van der Waals surface area contributed by atoms with E-state index < -0.39 is 6.10 Å². The standard InChI is InChI=1S/C28H41NO5/c1-6-21(14-22-11-12-29-18-22)7-9-26(34-20(4)30)17-25(31)15-24(13-19(2)3)23-8-10-27(32)28(16-23)33-5/h8,10-11,16,18-19,21,24,26,32H,6-7,9,12-15,17H2,1-5H3. The summed E-state index contributed by atoms with van der Waals surface area (Å²) in [4.78, 5) is 29.1. The number of Topliss-reactive ketones (excluding diaryl/α,β-unsaturated/α-hetero) is 1. The Morgan fingerprint density at radius 3 is 2.53 bits per heavy atom. The summed E-state index contributed by atoms with van der Waals surface area (Å²) < 4.78 is 10.8. The summed E-state index contributed by atoms with van der Waals surface area (Å²) in [5.74, 6) is 1.12. The molecular formula is C28H41NO5. The quantitative estimate of drug-likeness (QED) is 0.316. The minimum Gasteiger partial charge on any atom is -0.504 e. The highest BCUT2D eigenvalue weighted by Crippen LogP contribution is 2.34. The second-order valence-electron chi connectivity index (χ2n) is 9.77. The highest BCUT2D eigenvalue weighted by Gasteiger charge is 2.24. The molecule has 1 heterocycles. The number of aromatic hydroxyl groups is 1. The average molecular weight is 472 g/mol. The first-order valence-electron chi connectivity index (χ1n) is 12.5. The van der Waals surface area contributed by atoms with Gasteiger partial charge in [-0.15, -0.1) is 0 Å². The molecule has 0 radical (unpaired) electrons. The van der Waals surface area contributed by atoms with Gasteiger partial charge in [0.2, 0.25) is 0 Å². The molecule has 0 saturated carbocycles. The molecular weight excluding hydrogens is 430 g/mol. The van der Waals surface area contributed by atoms with E-state index in [2.05, 4.69) is 31.8 Å². The Balaban J connectivity index is 2.03. The molecule has 34 heavy (non-hydrogen) atoms. The largest absolute Gasteiger partial charge is 0.504 e. The van der Waals surface area contributed by atoms with E-state index in [4.69, 9.17) is 9.47 Å². The lowest BCUT2D eigenvalue weighted by molar-refractivity contribution is -0.148. The van der Waals surface area contributed by atoms with Gasteiger partial charge < -0.3 is 14.6 Å². The third-order valence-electron chi connectivity index (χ3n) is 6.41. The van der Waals surface area contributed by atoms with Gasteiger partial charge in [-0.05, 0) is 66.7 Å². The molecule has 6 nitrogen and oxygen atoms in total. The average Bonchev–Trinajstić information content (AvgIpc) is 3.28. The smallest absolute Gasteiger partial charge is 0.302 e. The molecule has 0 aliphatic carbocycles. The van der Waals surface area contributed by atoms with Gasteiger partial charge in [0.05, 0.1) is 13.7 Å². The summed E-state index contributed by atoms with van der Waals surface area (Å²) in [6.07, 6.45) is 8.71. The van der Waals surface area contributed by atoms with Crippen molar-refractivity contribution in [3.05, 3.63) is 35.4 Å². The number of carbonyl (C=O) groups excluding carboxylic acids is 2. The van der Waals surface area contributed by atoms with Gasteiger partial charge in [-0.25, -0.2) is 0 Å². The van der Waals surface area contributed by atoms with E-state index in [1.165, 1.54) is 19.6 Å². The fourth-order valence-electron chi connectivity index (χ4n) is 4.64. The van der Waals surface area contributed by atoms with E-state index in [0.717, 1.165) is 37.8 Å². The molecule has 2 rings (SSSR count). The number of esters is 1. The lowest BCUT2D eigenvalue weighted by Crippen LogP contribution is -2.23. The van der Waals surface area contributed by atoms with Crippen LogP contribution in [0, 0.1) is 11.8 Å². The predicted octanol–water partition coefficient (Wildman–Crippen LogP) is 6.02. The summed E-state index contributed by atoms with van der Waals surface area (Å²) in [6.45, 7) is 8.60. The van der Waals surface area contributed by atoms with Crippen molar-refractivity contribution in [3.8, 4) is 11.5 Å². The molecule has 0 amide bonds. The molecule has 0 spiro atoms. The van der Waals surface area contributed by atoms with Crippen LogP contribution in [-0.2, 0) is 14.3 Å². The third-order valence-corrected chi connectivity index (χ3v) is 6.41. The summed E-state index contributed by atoms with van der Waals surface area (Å²) >= 11 is 0. The Hall–Kier alpha value is -2.63. The number of rotatable bonds is 15. The number of phenolic OH excluding ortho intramolecular Hbond substituents is 1. The van der Waals surface area contributed by atoms with Crippen molar-refractivity contribution in [1.29, 1.82) is 0 Å². The number of ketones is 1. The fourth-order valence-corrected chi connectivity index (χ4v) is 4.64. The summed E-state index contributed by atoms with van der Waals surface area (Å²) in [5, 5.41) is 9.95. The van der Waals surface area contributed by atoms with Crippen molar-refractivity contribution >= 4 is 18.0 Å². The molecule has 0 aromatic heterocycles. The maximum atomic E-state index is 13.1. The minimum absolute atomic E-state index is 0.0111. The lowest BCUT2D eigenvalue weighted by atomic mass is 9.85. The van der Waals surface area contributed by atoms with Gasteiger partial charge in [0.1, 0.15) is 11.9 Å². The highest BCUT2D eigenvalue weighted by molar-refractivity contribution is 5.81. The monoisotopic (exact) mass is 471 g/mol. The van der Waals surface area contributed by atoms with E-state index in [1.807, 2.05) is 18.3 Å². The van der Waals surface area contributed by atoms with Crippen LogP contribution < -0.4 is 4.74 Å². The minimum atomic E-state index is -0.403. The molecule has 1 N–H and O–H groups in total. The molecule has 0 saturated heterocycles. The van der Waals surface area contributed by atoms with Gasteiger partial charge in [0, 0.05) is 26.0 Å². The number of ether oxygens (including phenoxy) is 2. The van der Waals surface area contributed by atoms with Crippen molar-refractivity contribution in [3.63, 3.8) is 0 Å². The van der Waals surface area contributed by atoms with Crippen LogP contribution in [0.25, 0.3) is 0 Å². The first-order valence-corrected chi connectivity index (χ1v) is 12.5. The maximum absolute atomic E-state index is 13.1. The maximum Gasteiger partial charge on any atom is 0.302 e. The molecule has 6 heteroatoms. The molecule has 1 aliphatic heterocycles. The Labute approximate surface area is 204 Å². The zero-order valence-electron chi connectivity index (χ0n) is 21.4. The fraction of sp³-hybridized carbons (Fsp3) is 0.607. The van der Waals surface area contributed by atoms with E-state index in [9.17, 15) is 14.7 Å². The molecule has 3 unspecified atom stereocenters. The SMILES string of the molecule is CCC(CCC(CC(=O)CC(CC(C)C)c1ccc(O)c(OC)c1)OC(C)=O)CC1=CCN=C1. The number of allylic oxidation sites excluding steroid dienone is 1. The Bertz CT molecular complexity index is 874. The van der Waals surface area contributed by atoms with Crippen LogP contribution in [-0.4, -0.2) is 42.8 Å². The van der Waals surface area contributed by atoms with E-state index in [1.54, 1.807) is 6.07 Å². The summed E-state index contributed by atoms with van der Waals surface area (Å²) in [6, 6.07) is 5.28. The number of methoxy groups -OCH3 is 1. The van der Waals surface area contributed by atoms with Gasteiger partial charge in [-0.2, -0.15) is 0 Å². The summed E-state index contributed by atoms with van der Waals surface area (Å²) in [5.41, 5.74) is 2.24. The second-order valence-corrected chi connectivity index (χ2v) is 9.77. The number of hydrogen-bond donors (Lipinski definition) is 1. The Morgan fingerprint density at radius 1 is 1.18 bits per heavy atom. The molecule has 0 bridgehead atoms. The third kappa shape index (κ3) is 9.32. The van der Waals surface area contributed by atoms with Gasteiger partial charge in [-0.3, -0.25) is 14.6 Å². The highest BCUT2D eigenvalue weighted by atomic mass is 16.5. The summed E-state index contributed by atoms with van der Waals surface area (Å²) in [7, 11) is 1.52. The number of benzene rings is 1. The number of nitrogens with zero attached hydrogens (tertiary/aromatic N) is 1.